The van der Waals surface area contributed by atoms with Gasteiger partial charge in [-0.05, 0) is 59.3 Å². The van der Waals surface area contributed by atoms with Gasteiger partial charge in [-0.15, -0.1) is 0 Å². The van der Waals surface area contributed by atoms with Crippen LogP contribution in [0.4, 0.5) is 24.7 Å². The Morgan fingerprint density at radius 3 is 2.17 bits per heavy atom. The van der Waals surface area contributed by atoms with Crippen molar-refractivity contribution in [1.29, 1.82) is 0 Å². The topological polar surface area (TPSA) is 119 Å². The zero-order valence-corrected chi connectivity index (χ0v) is 20.6. The molecule has 1 heterocycles. The van der Waals surface area contributed by atoms with Gasteiger partial charge >= 0.3 is 6.18 Å². The first kappa shape index (κ1) is 26.2. The second-order valence-electron chi connectivity index (χ2n) is 8.79. The third kappa shape index (κ3) is 5.53. The number of anilines is 2. The Bertz CT molecular complexity index is 1780. The van der Waals surface area contributed by atoms with Crippen LogP contribution in [0.3, 0.4) is 0 Å². The van der Waals surface area contributed by atoms with Crippen LogP contribution in [0.25, 0.3) is 16.5 Å². The van der Waals surface area contributed by atoms with Crippen molar-refractivity contribution in [2.24, 2.45) is 5.73 Å². The molecule has 0 aliphatic carbocycles. The van der Waals surface area contributed by atoms with Crippen molar-refractivity contribution in [2.75, 3.05) is 10.6 Å². The quantitative estimate of drug-likeness (QED) is 0.257. The van der Waals surface area contributed by atoms with Crippen LogP contribution in [0, 0.1) is 0 Å². The summed E-state index contributed by atoms with van der Waals surface area (Å²) in [5, 5.41) is 11.0. The van der Waals surface area contributed by atoms with Crippen molar-refractivity contribution in [3.8, 4) is 5.69 Å². The molecule has 5 aromatic rings. The molecule has 0 spiro atoms. The first-order valence-corrected chi connectivity index (χ1v) is 11.9. The molecule has 11 heteroatoms. The van der Waals surface area contributed by atoms with E-state index in [2.05, 4.69) is 15.7 Å². The number of nitrogens with zero attached hydrogens (tertiary/aromatic N) is 2. The number of alkyl halides is 3. The summed E-state index contributed by atoms with van der Waals surface area (Å²) in [4.78, 5) is 37.9. The Morgan fingerprint density at radius 2 is 1.45 bits per heavy atom. The van der Waals surface area contributed by atoms with Gasteiger partial charge in [-0.3, -0.25) is 14.4 Å². The summed E-state index contributed by atoms with van der Waals surface area (Å²) in [6, 6.07) is 22.4. The van der Waals surface area contributed by atoms with Crippen LogP contribution < -0.4 is 16.4 Å². The van der Waals surface area contributed by atoms with Crippen molar-refractivity contribution < 1.29 is 27.6 Å². The molecule has 0 saturated carbocycles. The summed E-state index contributed by atoms with van der Waals surface area (Å²) >= 11 is 0. The Balaban J connectivity index is 1.44. The number of hydrogen-bond donors (Lipinski definition) is 3. The van der Waals surface area contributed by atoms with E-state index >= 15 is 0 Å². The zero-order valence-electron chi connectivity index (χ0n) is 20.6. The number of rotatable bonds is 6. The molecular weight excluding hydrogens is 523 g/mol. The van der Waals surface area contributed by atoms with E-state index in [-0.39, 0.29) is 33.9 Å². The fourth-order valence-electron chi connectivity index (χ4n) is 4.08. The highest BCUT2D eigenvalue weighted by atomic mass is 19.4. The molecule has 0 fully saturated rings. The molecule has 3 amide bonds. The predicted octanol–water partition coefficient (Wildman–Crippen LogP) is 5.65. The maximum atomic E-state index is 13.3. The monoisotopic (exact) mass is 543 g/mol. The van der Waals surface area contributed by atoms with Crippen molar-refractivity contribution in [3.63, 3.8) is 0 Å². The number of carbonyl (C=O) groups excluding carboxylic acids is 3. The average Bonchev–Trinajstić information content (AvgIpc) is 3.40. The highest BCUT2D eigenvalue weighted by Crippen LogP contribution is 2.30. The lowest BCUT2D eigenvalue weighted by Gasteiger charge is -2.13. The van der Waals surface area contributed by atoms with E-state index in [0.29, 0.717) is 0 Å². The van der Waals surface area contributed by atoms with Gasteiger partial charge in [0.15, 0.2) is 5.82 Å². The third-order valence-electron chi connectivity index (χ3n) is 6.06. The van der Waals surface area contributed by atoms with Gasteiger partial charge in [0.2, 0.25) is 5.91 Å². The number of halogens is 3. The summed E-state index contributed by atoms with van der Waals surface area (Å²) in [6.07, 6.45) is -3.10. The second kappa shape index (κ2) is 10.4. The smallest absolute Gasteiger partial charge is 0.366 e. The Labute approximate surface area is 225 Å². The van der Waals surface area contributed by atoms with Gasteiger partial charge in [0.25, 0.3) is 11.8 Å². The highest BCUT2D eigenvalue weighted by molar-refractivity contribution is 6.15. The largest absolute Gasteiger partial charge is 0.416 e. The number of benzene rings is 4. The predicted molar refractivity (Wildman–Crippen MR) is 143 cm³/mol. The number of amides is 3. The van der Waals surface area contributed by atoms with Gasteiger partial charge in [-0.25, -0.2) is 4.68 Å². The van der Waals surface area contributed by atoms with Gasteiger partial charge in [0, 0.05) is 23.4 Å². The summed E-state index contributed by atoms with van der Waals surface area (Å²) < 4.78 is 40.6. The molecule has 0 radical (unpaired) electrons. The number of carbonyl (C=O) groups is 3. The third-order valence-corrected chi connectivity index (χ3v) is 6.06. The van der Waals surface area contributed by atoms with E-state index in [1.807, 2.05) is 12.1 Å². The second-order valence-corrected chi connectivity index (χ2v) is 8.79. The molecule has 0 unspecified atom stereocenters. The van der Waals surface area contributed by atoms with Crippen LogP contribution >= 0.6 is 0 Å². The normalized spacial score (nSPS) is 11.3. The van der Waals surface area contributed by atoms with Crippen LogP contribution in [0.2, 0.25) is 0 Å². The Hall–Kier alpha value is -5.45. The van der Waals surface area contributed by atoms with Gasteiger partial charge in [-0.1, -0.05) is 36.4 Å². The molecule has 4 N–H and O–H groups in total. The fraction of sp³-hybridized carbons (Fsp3) is 0.0345. The lowest BCUT2D eigenvalue weighted by atomic mass is 10.0. The maximum Gasteiger partial charge on any atom is 0.416 e. The number of nitrogens with one attached hydrogen (secondary N) is 2. The van der Waals surface area contributed by atoms with Gasteiger partial charge in [0.1, 0.15) is 0 Å². The van der Waals surface area contributed by atoms with Crippen LogP contribution in [-0.2, 0) is 6.18 Å². The average molecular weight is 544 g/mol. The van der Waals surface area contributed by atoms with E-state index in [1.54, 1.807) is 24.3 Å². The SMILES string of the molecule is NC(=O)c1cccc(C(=O)Nc2cc3ccccc3cc2C(=O)Nc2ccn(-c3cccc(C(F)(F)F)c3)n2)c1. The zero-order chi connectivity index (χ0) is 28.4. The molecule has 1 aromatic heterocycles. The van der Waals surface area contributed by atoms with Crippen LogP contribution in [0.1, 0.15) is 36.6 Å². The Morgan fingerprint density at radius 1 is 0.750 bits per heavy atom. The number of aromatic nitrogens is 2. The lowest BCUT2D eigenvalue weighted by molar-refractivity contribution is -0.137. The molecule has 0 aliphatic heterocycles. The highest BCUT2D eigenvalue weighted by Gasteiger charge is 2.30. The van der Waals surface area contributed by atoms with Gasteiger partial charge in [0.05, 0.1) is 22.5 Å². The summed E-state index contributed by atoms with van der Waals surface area (Å²) in [6.45, 7) is 0. The van der Waals surface area contributed by atoms with E-state index in [4.69, 9.17) is 5.73 Å². The van der Waals surface area contributed by atoms with Crippen molar-refractivity contribution in [3.05, 3.63) is 119 Å². The van der Waals surface area contributed by atoms with Crippen molar-refractivity contribution >= 4 is 40.0 Å². The number of fused-ring (bicyclic) bond motifs is 1. The molecule has 0 atom stereocenters. The molecule has 5 rings (SSSR count). The lowest BCUT2D eigenvalue weighted by Crippen LogP contribution is -2.19. The molecule has 4 aromatic carbocycles. The summed E-state index contributed by atoms with van der Waals surface area (Å²) in [5.74, 6) is -1.78. The number of hydrogen-bond acceptors (Lipinski definition) is 4. The summed E-state index contributed by atoms with van der Waals surface area (Å²) in [7, 11) is 0. The fourth-order valence-corrected chi connectivity index (χ4v) is 4.08. The van der Waals surface area contributed by atoms with Crippen LogP contribution in [-0.4, -0.2) is 27.5 Å². The first-order chi connectivity index (χ1) is 19.1. The van der Waals surface area contributed by atoms with Gasteiger partial charge in [-0.2, -0.15) is 18.3 Å². The molecule has 40 heavy (non-hydrogen) atoms. The van der Waals surface area contributed by atoms with Crippen LogP contribution in [0.15, 0.2) is 97.2 Å². The minimum Gasteiger partial charge on any atom is -0.366 e. The van der Waals surface area contributed by atoms with Crippen LogP contribution in [0.5, 0.6) is 0 Å². The minimum atomic E-state index is -4.52. The van der Waals surface area contributed by atoms with E-state index in [9.17, 15) is 27.6 Å². The minimum absolute atomic E-state index is 0.0852. The number of primary amides is 1. The standard InChI is InChI=1S/C29H20F3N5O3/c30-29(31,32)21-9-4-10-22(16-21)37-12-11-25(36-37)35-28(40)23-14-17-5-1-2-6-18(17)15-24(23)34-27(39)20-8-3-7-19(13-20)26(33)38/h1-16H,(H2,33,38)(H,34,39)(H,35,36,40). The number of nitrogens with two attached hydrogens (primary N) is 1. The molecule has 8 nitrogen and oxygen atoms in total. The first-order valence-electron chi connectivity index (χ1n) is 11.9. The molecule has 0 saturated heterocycles. The summed E-state index contributed by atoms with van der Waals surface area (Å²) in [5.41, 5.74) is 5.28. The Kier molecular flexibility index (Phi) is 6.78. The van der Waals surface area contributed by atoms with E-state index < -0.39 is 29.5 Å². The van der Waals surface area contributed by atoms with Crippen molar-refractivity contribution in [1.82, 2.24) is 9.78 Å². The maximum absolute atomic E-state index is 13.3. The molecule has 200 valence electrons. The van der Waals surface area contributed by atoms with E-state index in [0.717, 1.165) is 22.9 Å². The molecular formula is C29H20F3N5O3. The molecule has 0 aliphatic rings. The van der Waals surface area contributed by atoms with Gasteiger partial charge < -0.3 is 16.4 Å². The molecule has 0 bridgehead atoms. The van der Waals surface area contributed by atoms with E-state index in [1.165, 1.54) is 53.3 Å². The van der Waals surface area contributed by atoms with Crippen molar-refractivity contribution in [2.45, 2.75) is 6.18 Å².